The molecule has 3 rings (SSSR count). The first-order chi connectivity index (χ1) is 12.8. The van der Waals surface area contributed by atoms with Crippen LogP contribution in [0.2, 0.25) is 0 Å². The number of hydrogen-bond acceptors (Lipinski definition) is 3. The Hall–Kier alpha value is -3.15. The quantitative estimate of drug-likeness (QED) is 0.621. The van der Waals surface area contributed by atoms with E-state index in [9.17, 15) is 9.18 Å². The number of aromatic amines is 1. The summed E-state index contributed by atoms with van der Waals surface area (Å²) in [5.74, 6) is -0.431. The van der Waals surface area contributed by atoms with E-state index >= 15 is 0 Å². The average molecular weight is 366 g/mol. The summed E-state index contributed by atoms with van der Waals surface area (Å²) >= 11 is 0. The summed E-state index contributed by atoms with van der Waals surface area (Å²) in [6.45, 7) is 6.79. The molecule has 0 fully saturated rings. The number of carbonyl (C=O) groups excluding carboxylic acids is 1. The molecule has 0 aliphatic rings. The number of hydrogen-bond donors (Lipinski definition) is 3. The topological polar surface area (TPSA) is 83.8 Å². The fourth-order valence-corrected chi connectivity index (χ4v) is 3.12. The van der Waals surface area contributed by atoms with Crippen molar-refractivity contribution in [3.63, 3.8) is 0 Å². The maximum Gasteiger partial charge on any atom is 0.254 e. The predicted octanol–water partition coefficient (Wildman–Crippen LogP) is 3.78. The molecule has 0 saturated carbocycles. The van der Waals surface area contributed by atoms with Crippen molar-refractivity contribution in [1.82, 2.24) is 10.2 Å². The number of amides is 1. The van der Waals surface area contributed by atoms with Gasteiger partial charge < -0.3 is 11.1 Å². The lowest BCUT2D eigenvalue weighted by Crippen LogP contribution is -2.15. The van der Waals surface area contributed by atoms with Crippen molar-refractivity contribution < 1.29 is 9.18 Å². The van der Waals surface area contributed by atoms with Gasteiger partial charge in [-0.2, -0.15) is 5.10 Å². The molecule has 0 unspecified atom stereocenters. The van der Waals surface area contributed by atoms with Crippen molar-refractivity contribution in [3.05, 3.63) is 81.3 Å². The summed E-state index contributed by atoms with van der Waals surface area (Å²) in [6.07, 6.45) is 0.413. The van der Waals surface area contributed by atoms with Gasteiger partial charge >= 0.3 is 0 Å². The third-order valence-corrected chi connectivity index (χ3v) is 4.83. The third kappa shape index (κ3) is 4.16. The van der Waals surface area contributed by atoms with Crippen molar-refractivity contribution in [2.24, 2.45) is 5.73 Å². The van der Waals surface area contributed by atoms with Crippen LogP contribution in [0.15, 0.2) is 36.4 Å². The molecule has 0 radical (unpaired) electrons. The van der Waals surface area contributed by atoms with Gasteiger partial charge in [-0.05, 0) is 60.7 Å². The third-order valence-electron chi connectivity index (χ3n) is 4.83. The molecule has 4 N–H and O–H groups in total. The van der Waals surface area contributed by atoms with E-state index in [0.29, 0.717) is 30.0 Å². The minimum atomic E-state index is -0.556. The molecule has 0 atom stereocenters. The Kier molecular flexibility index (Phi) is 5.26. The van der Waals surface area contributed by atoms with Crippen molar-refractivity contribution in [2.45, 2.75) is 33.7 Å². The Bertz CT molecular complexity index is 953. The first kappa shape index (κ1) is 18.6. The van der Waals surface area contributed by atoms with Crippen LogP contribution in [0.25, 0.3) is 0 Å². The molecule has 1 aromatic heterocycles. The van der Waals surface area contributed by atoms with Gasteiger partial charge in [-0.25, -0.2) is 4.39 Å². The maximum absolute atomic E-state index is 13.1. The van der Waals surface area contributed by atoms with Crippen molar-refractivity contribution in [1.29, 1.82) is 0 Å². The van der Waals surface area contributed by atoms with Gasteiger partial charge in [0.1, 0.15) is 11.4 Å². The molecule has 5 nitrogen and oxygen atoms in total. The number of carbonyl (C=O) groups is 1. The van der Waals surface area contributed by atoms with Gasteiger partial charge in [-0.1, -0.05) is 24.3 Å². The van der Waals surface area contributed by atoms with Crippen LogP contribution < -0.4 is 11.1 Å². The van der Waals surface area contributed by atoms with E-state index in [2.05, 4.69) is 48.4 Å². The molecule has 2 aromatic carbocycles. The second-order valence-corrected chi connectivity index (χ2v) is 6.80. The Labute approximate surface area is 157 Å². The molecule has 1 amide bonds. The summed E-state index contributed by atoms with van der Waals surface area (Å²) in [5.41, 5.74) is 12.2. The Morgan fingerprint density at radius 1 is 1.11 bits per heavy atom. The molecule has 0 aliphatic heterocycles. The van der Waals surface area contributed by atoms with Gasteiger partial charge in [-0.15, -0.1) is 0 Å². The number of H-pyrrole nitrogens is 1. The van der Waals surface area contributed by atoms with Crippen LogP contribution in [0.5, 0.6) is 0 Å². The zero-order valence-electron chi connectivity index (χ0n) is 15.7. The van der Waals surface area contributed by atoms with E-state index in [1.165, 1.54) is 28.8 Å². The molecule has 0 saturated heterocycles. The number of anilines is 1. The Morgan fingerprint density at radius 2 is 1.74 bits per heavy atom. The summed E-state index contributed by atoms with van der Waals surface area (Å²) in [7, 11) is 0. The van der Waals surface area contributed by atoms with E-state index in [4.69, 9.17) is 5.73 Å². The molecule has 140 valence electrons. The second kappa shape index (κ2) is 7.61. The number of nitrogens with zero attached hydrogens (tertiary/aromatic N) is 1. The predicted molar refractivity (Wildman–Crippen MR) is 104 cm³/mol. The lowest BCUT2D eigenvalue weighted by molar-refractivity contribution is 0.100. The molecule has 27 heavy (non-hydrogen) atoms. The normalized spacial score (nSPS) is 10.8. The highest BCUT2D eigenvalue weighted by atomic mass is 19.1. The summed E-state index contributed by atoms with van der Waals surface area (Å²) < 4.78 is 13.1. The zero-order chi connectivity index (χ0) is 19.6. The number of nitrogens with one attached hydrogen (secondary N) is 2. The fourth-order valence-electron chi connectivity index (χ4n) is 3.12. The number of aryl methyl sites for hydroxylation is 2. The number of aromatic nitrogens is 2. The number of nitrogens with two attached hydrogens (primary N) is 1. The summed E-state index contributed by atoms with van der Waals surface area (Å²) in [6, 6.07) is 10.3. The Morgan fingerprint density at radius 3 is 2.33 bits per heavy atom. The van der Waals surface area contributed by atoms with Crippen LogP contribution in [0.4, 0.5) is 10.2 Å². The van der Waals surface area contributed by atoms with Crippen molar-refractivity contribution in [3.8, 4) is 0 Å². The summed E-state index contributed by atoms with van der Waals surface area (Å²) in [4.78, 5) is 12.0. The second-order valence-electron chi connectivity index (χ2n) is 6.80. The first-order valence-electron chi connectivity index (χ1n) is 8.77. The highest BCUT2D eigenvalue weighted by molar-refractivity contribution is 5.98. The van der Waals surface area contributed by atoms with E-state index in [1.54, 1.807) is 12.1 Å². The standard InChI is InChI=1S/C21H23FN4O/c1-12-8-16(9-13(2)14(12)3)11-24-21-19(20(23)27)18(25-26-21)10-15-4-6-17(22)7-5-15/h4-9H,10-11H2,1-3H3,(H2,23,27)(H2,24,25,26). The van der Waals surface area contributed by atoms with Crippen LogP contribution in [-0.2, 0) is 13.0 Å². The molecule has 0 spiro atoms. The van der Waals surface area contributed by atoms with Crippen LogP contribution in [0.3, 0.4) is 0 Å². The van der Waals surface area contributed by atoms with Crippen LogP contribution in [0, 0.1) is 26.6 Å². The van der Waals surface area contributed by atoms with Gasteiger partial charge in [0.2, 0.25) is 0 Å². The van der Waals surface area contributed by atoms with Crippen LogP contribution in [-0.4, -0.2) is 16.1 Å². The highest BCUT2D eigenvalue weighted by Crippen LogP contribution is 2.21. The van der Waals surface area contributed by atoms with Gasteiger partial charge in [0.25, 0.3) is 5.91 Å². The number of rotatable bonds is 6. The van der Waals surface area contributed by atoms with Crippen molar-refractivity contribution in [2.75, 3.05) is 5.32 Å². The summed E-state index contributed by atoms with van der Waals surface area (Å²) in [5, 5.41) is 10.3. The highest BCUT2D eigenvalue weighted by Gasteiger charge is 2.18. The van der Waals surface area contributed by atoms with Gasteiger partial charge in [0.15, 0.2) is 5.82 Å². The molecule has 3 aromatic rings. The molecule has 0 bridgehead atoms. The number of benzene rings is 2. The molecule has 1 heterocycles. The first-order valence-corrected chi connectivity index (χ1v) is 8.77. The molecule has 6 heteroatoms. The lowest BCUT2D eigenvalue weighted by atomic mass is 10.0. The van der Waals surface area contributed by atoms with Gasteiger partial charge in [0, 0.05) is 13.0 Å². The average Bonchev–Trinajstić information content (AvgIpc) is 3.02. The largest absolute Gasteiger partial charge is 0.365 e. The lowest BCUT2D eigenvalue weighted by Gasteiger charge is -2.10. The number of primary amides is 1. The minimum absolute atomic E-state index is 0.301. The van der Waals surface area contributed by atoms with Gasteiger partial charge in [-0.3, -0.25) is 9.89 Å². The van der Waals surface area contributed by atoms with Crippen LogP contribution >= 0.6 is 0 Å². The maximum atomic E-state index is 13.1. The van der Waals surface area contributed by atoms with E-state index in [0.717, 1.165) is 11.1 Å². The van der Waals surface area contributed by atoms with Gasteiger partial charge in [0.05, 0.1) is 5.69 Å². The smallest absolute Gasteiger partial charge is 0.254 e. The molecule has 0 aliphatic carbocycles. The van der Waals surface area contributed by atoms with E-state index in [1.807, 2.05) is 0 Å². The Balaban J connectivity index is 1.81. The number of halogens is 1. The zero-order valence-corrected chi connectivity index (χ0v) is 15.7. The minimum Gasteiger partial charge on any atom is -0.365 e. The van der Waals surface area contributed by atoms with Crippen molar-refractivity contribution >= 4 is 11.7 Å². The molecular formula is C21H23FN4O. The van der Waals surface area contributed by atoms with E-state index < -0.39 is 5.91 Å². The monoisotopic (exact) mass is 366 g/mol. The fraction of sp³-hybridized carbons (Fsp3) is 0.238. The SMILES string of the molecule is Cc1cc(CNc2n[nH]c(Cc3ccc(F)cc3)c2C(N)=O)cc(C)c1C. The molecular weight excluding hydrogens is 343 g/mol. The van der Waals surface area contributed by atoms with Crippen LogP contribution in [0.1, 0.15) is 43.9 Å². The van der Waals surface area contributed by atoms with E-state index in [-0.39, 0.29) is 5.82 Å².